The molecule has 0 amide bonds. The van der Waals surface area contributed by atoms with Gasteiger partial charge >= 0.3 is 0 Å². The lowest BCUT2D eigenvalue weighted by atomic mass is 9.43. The number of rotatable bonds is 5. The second-order valence-corrected chi connectivity index (χ2v) is 13.5. The Morgan fingerprint density at radius 1 is 0.848 bits per heavy atom. The number of allylic oxidation sites excluding steroid dienone is 3. The zero-order valence-electron chi connectivity index (χ0n) is 22.0. The SMILES string of the molecule is C=C(C)C(C=CC(C)C1CCC2C3CC(O)C4CC(O)C(O)CC4(C)C3CCC12C)C(C)C. The first kappa shape index (κ1) is 25.5. The first-order chi connectivity index (χ1) is 15.4. The van der Waals surface area contributed by atoms with E-state index >= 15 is 0 Å². The van der Waals surface area contributed by atoms with Crippen LogP contribution < -0.4 is 0 Å². The van der Waals surface area contributed by atoms with E-state index in [-0.39, 0.29) is 17.4 Å². The predicted octanol–water partition coefficient (Wildman–Crippen LogP) is 5.99. The Morgan fingerprint density at radius 3 is 2.15 bits per heavy atom. The van der Waals surface area contributed by atoms with Crippen molar-refractivity contribution in [1.82, 2.24) is 0 Å². The molecule has 4 rings (SSSR count). The van der Waals surface area contributed by atoms with Crippen molar-refractivity contribution in [3.8, 4) is 0 Å². The highest BCUT2D eigenvalue weighted by Gasteiger charge is 2.63. The van der Waals surface area contributed by atoms with Crippen LogP contribution in [0.25, 0.3) is 0 Å². The van der Waals surface area contributed by atoms with E-state index in [0.29, 0.717) is 59.7 Å². The van der Waals surface area contributed by atoms with Crippen LogP contribution in [0.4, 0.5) is 0 Å². The monoisotopic (exact) mass is 458 g/mol. The number of hydrogen-bond acceptors (Lipinski definition) is 3. The first-order valence-corrected chi connectivity index (χ1v) is 13.8. The van der Waals surface area contributed by atoms with Crippen molar-refractivity contribution in [3.63, 3.8) is 0 Å². The summed E-state index contributed by atoms with van der Waals surface area (Å²) in [6, 6.07) is 0. The van der Waals surface area contributed by atoms with E-state index in [2.05, 4.69) is 60.3 Å². The summed E-state index contributed by atoms with van der Waals surface area (Å²) in [6.07, 6.45) is 10.3. The molecule has 4 fully saturated rings. The van der Waals surface area contributed by atoms with Crippen LogP contribution in [-0.4, -0.2) is 33.6 Å². The second kappa shape index (κ2) is 9.10. The van der Waals surface area contributed by atoms with Gasteiger partial charge in [0.2, 0.25) is 0 Å². The highest BCUT2D eigenvalue weighted by Crippen LogP contribution is 2.68. The molecule has 0 aromatic rings. The first-order valence-electron chi connectivity index (χ1n) is 13.8. The van der Waals surface area contributed by atoms with E-state index < -0.39 is 12.2 Å². The van der Waals surface area contributed by atoms with Gasteiger partial charge in [0, 0.05) is 0 Å². The second-order valence-electron chi connectivity index (χ2n) is 13.5. The van der Waals surface area contributed by atoms with Gasteiger partial charge in [-0.25, -0.2) is 0 Å². The molecule has 33 heavy (non-hydrogen) atoms. The van der Waals surface area contributed by atoms with E-state index in [0.717, 1.165) is 6.42 Å². The van der Waals surface area contributed by atoms with E-state index in [1.54, 1.807) is 0 Å². The summed E-state index contributed by atoms with van der Waals surface area (Å²) in [5.41, 5.74) is 1.53. The van der Waals surface area contributed by atoms with E-state index in [4.69, 9.17) is 0 Å². The smallest absolute Gasteiger partial charge is 0.0804 e. The predicted molar refractivity (Wildman–Crippen MR) is 135 cm³/mol. The number of aliphatic hydroxyl groups excluding tert-OH is 3. The minimum absolute atomic E-state index is 0.0577. The molecule has 0 saturated heterocycles. The van der Waals surface area contributed by atoms with Gasteiger partial charge in [-0.2, -0.15) is 0 Å². The minimum atomic E-state index is -0.680. The van der Waals surface area contributed by atoms with Crippen molar-refractivity contribution in [3.05, 3.63) is 24.3 Å². The summed E-state index contributed by atoms with van der Waals surface area (Å²) < 4.78 is 0. The summed E-state index contributed by atoms with van der Waals surface area (Å²) in [6.45, 7) is 18.2. The van der Waals surface area contributed by atoms with Crippen LogP contribution in [0.3, 0.4) is 0 Å². The molecule has 0 bridgehead atoms. The third-order valence-electron chi connectivity index (χ3n) is 11.3. The Bertz CT molecular complexity index is 758. The Kier molecular flexibility index (Phi) is 7.02. The van der Waals surface area contributed by atoms with E-state index in [1.807, 2.05) is 0 Å². The van der Waals surface area contributed by atoms with Gasteiger partial charge in [0.25, 0.3) is 0 Å². The van der Waals surface area contributed by atoms with Gasteiger partial charge in [0.15, 0.2) is 0 Å². The molecular formula is C30H50O3. The molecule has 0 spiro atoms. The molecule has 12 atom stereocenters. The summed E-state index contributed by atoms with van der Waals surface area (Å²) in [5, 5.41) is 32.1. The molecule has 12 unspecified atom stereocenters. The third kappa shape index (κ3) is 4.19. The number of hydrogen-bond donors (Lipinski definition) is 3. The van der Waals surface area contributed by atoms with Crippen LogP contribution in [0, 0.1) is 58.2 Å². The van der Waals surface area contributed by atoms with Crippen LogP contribution in [0.15, 0.2) is 24.3 Å². The van der Waals surface area contributed by atoms with Gasteiger partial charge in [0.1, 0.15) is 0 Å². The molecule has 188 valence electrons. The Balaban J connectivity index is 1.54. The molecule has 0 aliphatic heterocycles. The standard InChI is InChI=1S/C30H50O3/c1-17(2)20(18(3)4)9-8-19(5)22-10-11-23-21-14-26(31)25-15-27(32)28(33)16-30(25,7)24(21)12-13-29(22,23)6/h8-9,18-28,31-33H,1,10-16H2,2-7H3. The lowest BCUT2D eigenvalue weighted by molar-refractivity contribution is -0.195. The Labute approximate surface area is 202 Å². The molecule has 3 heteroatoms. The summed E-state index contributed by atoms with van der Waals surface area (Å²) >= 11 is 0. The average molecular weight is 459 g/mol. The average Bonchev–Trinajstić information content (AvgIpc) is 3.07. The maximum Gasteiger partial charge on any atom is 0.0804 e. The Morgan fingerprint density at radius 2 is 1.52 bits per heavy atom. The lowest BCUT2D eigenvalue weighted by Crippen LogP contribution is -2.60. The van der Waals surface area contributed by atoms with Gasteiger partial charge in [-0.05, 0) is 110 Å². The van der Waals surface area contributed by atoms with Crippen LogP contribution in [0.5, 0.6) is 0 Å². The van der Waals surface area contributed by atoms with Crippen molar-refractivity contribution in [1.29, 1.82) is 0 Å². The van der Waals surface area contributed by atoms with Crippen LogP contribution in [0.1, 0.15) is 86.5 Å². The number of aliphatic hydroxyl groups is 3. The molecule has 0 heterocycles. The van der Waals surface area contributed by atoms with Crippen LogP contribution in [-0.2, 0) is 0 Å². The maximum atomic E-state index is 11.2. The largest absolute Gasteiger partial charge is 0.393 e. The number of fused-ring (bicyclic) bond motifs is 5. The molecular weight excluding hydrogens is 408 g/mol. The topological polar surface area (TPSA) is 60.7 Å². The quantitative estimate of drug-likeness (QED) is 0.444. The summed E-state index contributed by atoms with van der Waals surface area (Å²) in [4.78, 5) is 0. The molecule has 0 aromatic carbocycles. The zero-order chi connectivity index (χ0) is 24.3. The van der Waals surface area contributed by atoms with Gasteiger partial charge in [-0.1, -0.05) is 58.9 Å². The van der Waals surface area contributed by atoms with Gasteiger partial charge < -0.3 is 15.3 Å². The maximum absolute atomic E-state index is 11.2. The normalized spacial score (nSPS) is 49.4. The van der Waals surface area contributed by atoms with Crippen molar-refractivity contribution in [2.75, 3.05) is 0 Å². The molecule has 3 N–H and O–H groups in total. The van der Waals surface area contributed by atoms with Gasteiger partial charge in [0.05, 0.1) is 18.3 Å². The highest BCUT2D eigenvalue weighted by atomic mass is 16.3. The molecule has 0 radical (unpaired) electrons. The van der Waals surface area contributed by atoms with Crippen molar-refractivity contribution >= 4 is 0 Å². The fraction of sp³-hybridized carbons (Fsp3) is 0.867. The lowest BCUT2D eigenvalue weighted by Gasteiger charge is -2.62. The molecule has 4 saturated carbocycles. The zero-order valence-corrected chi connectivity index (χ0v) is 22.0. The van der Waals surface area contributed by atoms with Crippen molar-refractivity contribution < 1.29 is 15.3 Å². The van der Waals surface area contributed by atoms with Crippen molar-refractivity contribution in [2.24, 2.45) is 58.2 Å². The van der Waals surface area contributed by atoms with Crippen LogP contribution >= 0.6 is 0 Å². The van der Waals surface area contributed by atoms with Gasteiger partial charge in [-0.3, -0.25) is 0 Å². The molecule has 4 aliphatic rings. The molecule has 3 nitrogen and oxygen atoms in total. The Hall–Kier alpha value is -0.640. The highest BCUT2D eigenvalue weighted by molar-refractivity contribution is 5.14. The van der Waals surface area contributed by atoms with Crippen molar-refractivity contribution in [2.45, 2.75) is 105 Å². The van der Waals surface area contributed by atoms with Gasteiger partial charge in [-0.15, -0.1) is 0 Å². The van der Waals surface area contributed by atoms with E-state index in [1.165, 1.54) is 31.3 Å². The minimum Gasteiger partial charge on any atom is -0.393 e. The van der Waals surface area contributed by atoms with E-state index in [9.17, 15) is 15.3 Å². The summed E-state index contributed by atoms with van der Waals surface area (Å²) in [5.74, 6) is 4.17. The fourth-order valence-corrected chi connectivity index (χ4v) is 9.61. The molecule has 4 aliphatic carbocycles. The fourth-order valence-electron chi connectivity index (χ4n) is 9.61. The van der Waals surface area contributed by atoms with Crippen LogP contribution in [0.2, 0.25) is 0 Å². The third-order valence-corrected chi connectivity index (χ3v) is 11.3. The molecule has 0 aromatic heterocycles. The summed E-state index contributed by atoms with van der Waals surface area (Å²) in [7, 11) is 0.